The highest BCUT2D eigenvalue weighted by Gasteiger charge is 2.08. The fourth-order valence-electron chi connectivity index (χ4n) is 1.50. The molecule has 0 aliphatic heterocycles. The number of halogens is 1. The molecule has 4 heteroatoms. The van der Waals surface area contributed by atoms with Gasteiger partial charge in [0.2, 0.25) is 0 Å². The minimum atomic E-state index is -0.0232. The molecule has 1 aromatic rings. The van der Waals surface area contributed by atoms with Gasteiger partial charge in [0, 0.05) is 35.7 Å². The molecular formula is C13H20BrNO2. The molecule has 0 radical (unpaired) electrons. The molecule has 0 bridgehead atoms. The molecule has 2 N–H and O–H groups in total. The van der Waals surface area contributed by atoms with Gasteiger partial charge in [-0.2, -0.15) is 0 Å². The Kier molecular flexibility index (Phi) is 6.55. The lowest BCUT2D eigenvalue weighted by Gasteiger charge is -2.14. The Morgan fingerprint density at radius 1 is 1.35 bits per heavy atom. The summed E-state index contributed by atoms with van der Waals surface area (Å²) in [6, 6.07) is 5.91. The summed E-state index contributed by atoms with van der Waals surface area (Å²) < 4.78 is 12.0. The van der Waals surface area contributed by atoms with Crippen molar-refractivity contribution in [2.75, 3.05) is 19.8 Å². The summed E-state index contributed by atoms with van der Waals surface area (Å²) in [6.07, 6.45) is 0.888. The van der Waals surface area contributed by atoms with Crippen LogP contribution in [0.2, 0.25) is 0 Å². The molecule has 0 aromatic heterocycles. The summed E-state index contributed by atoms with van der Waals surface area (Å²) in [7, 11) is 0. The van der Waals surface area contributed by atoms with Crippen LogP contribution in [0.15, 0.2) is 22.7 Å². The monoisotopic (exact) mass is 301 g/mol. The van der Waals surface area contributed by atoms with E-state index in [9.17, 15) is 0 Å². The highest BCUT2D eigenvalue weighted by atomic mass is 79.9. The molecule has 3 nitrogen and oxygen atoms in total. The molecule has 17 heavy (non-hydrogen) atoms. The summed E-state index contributed by atoms with van der Waals surface area (Å²) in [5.74, 6) is 0.853. The van der Waals surface area contributed by atoms with Gasteiger partial charge in [0.1, 0.15) is 5.75 Å². The van der Waals surface area contributed by atoms with Crippen LogP contribution in [0.5, 0.6) is 5.75 Å². The van der Waals surface area contributed by atoms with Crippen LogP contribution in [0, 0.1) is 0 Å². The minimum absolute atomic E-state index is 0.0232. The average Bonchev–Trinajstić information content (AvgIpc) is 2.28. The van der Waals surface area contributed by atoms with Gasteiger partial charge in [0.25, 0.3) is 0 Å². The van der Waals surface area contributed by atoms with Crippen LogP contribution in [0.4, 0.5) is 0 Å². The number of benzene rings is 1. The largest absolute Gasteiger partial charge is 0.493 e. The van der Waals surface area contributed by atoms with E-state index in [4.69, 9.17) is 15.2 Å². The molecule has 0 aliphatic rings. The summed E-state index contributed by atoms with van der Waals surface area (Å²) in [5.41, 5.74) is 6.93. The molecule has 1 aromatic carbocycles. The van der Waals surface area contributed by atoms with Crippen molar-refractivity contribution in [1.29, 1.82) is 0 Å². The van der Waals surface area contributed by atoms with Crippen LogP contribution in [0.3, 0.4) is 0 Å². The van der Waals surface area contributed by atoms with Gasteiger partial charge in [-0.25, -0.2) is 0 Å². The second kappa shape index (κ2) is 7.69. The Morgan fingerprint density at radius 2 is 2.12 bits per heavy atom. The van der Waals surface area contributed by atoms with Crippen LogP contribution in [-0.4, -0.2) is 19.8 Å². The summed E-state index contributed by atoms with van der Waals surface area (Å²) in [5, 5.41) is 0. The lowest BCUT2D eigenvalue weighted by molar-refractivity contribution is 0.130. The zero-order valence-electron chi connectivity index (χ0n) is 10.4. The lowest BCUT2D eigenvalue weighted by Crippen LogP contribution is -2.09. The first-order chi connectivity index (χ1) is 8.15. The maximum Gasteiger partial charge on any atom is 0.125 e. The van der Waals surface area contributed by atoms with Gasteiger partial charge in [0.05, 0.1) is 6.61 Å². The van der Waals surface area contributed by atoms with Gasteiger partial charge in [-0.05, 0) is 26.0 Å². The SMILES string of the molecule is CCOCCCOc1cc(Br)ccc1C(C)N. The molecule has 0 aliphatic carbocycles. The Morgan fingerprint density at radius 3 is 2.76 bits per heavy atom. The van der Waals surface area contributed by atoms with E-state index >= 15 is 0 Å². The van der Waals surface area contributed by atoms with Gasteiger partial charge in [-0.3, -0.25) is 0 Å². The number of hydrogen-bond acceptors (Lipinski definition) is 3. The van der Waals surface area contributed by atoms with Crippen molar-refractivity contribution >= 4 is 15.9 Å². The molecule has 1 unspecified atom stereocenters. The second-order valence-electron chi connectivity index (χ2n) is 3.87. The van der Waals surface area contributed by atoms with Crippen molar-refractivity contribution in [3.8, 4) is 5.75 Å². The standard InChI is InChI=1S/C13H20BrNO2/c1-3-16-7-4-8-17-13-9-11(14)5-6-12(13)10(2)15/h5-6,9-10H,3-4,7-8,15H2,1-2H3. The quantitative estimate of drug-likeness (QED) is 0.786. The highest BCUT2D eigenvalue weighted by Crippen LogP contribution is 2.27. The molecule has 0 amide bonds. The van der Waals surface area contributed by atoms with Crippen molar-refractivity contribution in [2.24, 2.45) is 5.73 Å². The van der Waals surface area contributed by atoms with E-state index in [1.54, 1.807) is 0 Å². The predicted octanol–water partition coefficient (Wildman–Crippen LogP) is 3.27. The Bertz CT molecular complexity index is 342. The van der Waals surface area contributed by atoms with Crippen LogP contribution in [0.1, 0.15) is 31.9 Å². The van der Waals surface area contributed by atoms with Gasteiger partial charge < -0.3 is 15.2 Å². The zero-order chi connectivity index (χ0) is 12.7. The Hall–Kier alpha value is -0.580. The Labute approximate surface area is 111 Å². The minimum Gasteiger partial charge on any atom is -0.493 e. The number of hydrogen-bond donors (Lipinski definition) is 1. The maximum absolute atomic E-state index is 5.90. The fourth-order valence-corrected chi connectivity index (χ4v) is 1.84. The van der Waals surface area contributed by atoms with E-state index in [0.717, 1.165) is 35.4 Å². The van der Waals surface area contributed by atoms with E-state index in [1.165, 1.54) is 0 Å². The van der Waals surface area contributed by atoms with Crippen molar-refractivity contribution in [3.63, 3.8) is 0 Å². The summed E-state index contributed by atoms with van der Waals surface area (Å²) in [4.78, 5) is 0. The third-order valence-corrected chi connectivity index (χ3v) is 2.85. The second-order valence-corrected chi connectivity index (χ2v) is 4.79. The first-order valence-corrected chi connectivity index (χ1v) is 6.70. The number of nitrogens with two attached hydrogens (primary N) is 1. The first-order valence-electron chi connectivity index (χ1n) is 5.90. The molecule has 1 rings (SSSR count). The zero-order valence-corrected chi connectivity index (χ0v) is 12.0. The Balaban J connectivity index is 2.53. The van der Waals surface area contributed by atoms with Crippen LogP contribution in [-0.2, 0) is 4.74 Å². The molecular weight excluding hydrogens is 282 g/mol. The topological polar surface area (TPSA) is 44.5 Å². The predicted molar refractivity (Wildman–Crippen MR) is 73.3 cm³/mol. The van der Waals surface area contributed by atoms with Gasteiger partial charge in [0.15, 0.2) is 0 Å². The molecule has 1 atom stereocenters. The van der Waals surface area contributed by atoms with Crippen molar-refractivity contribution in [1.82, 2.24) is 0 Å². The molecule has 0 heterocycles. The average molecular weight is 302 g/mol. The lowest BCUT2D eigenvalue weighted by atomic mass is 10.1. The van der Waals surface area contributed by atoms with Gasteiger partial charge >= 0.3 is 0 Å². The molecule has 0 saturated carbocycles. The number of rotatable bonds is 7. The van der Waals surface area contributed by atoms with E-state index in [1.807, 2.05) is 32.0 Å². The van der Waals surface area contributed by atoms with Crippen LogP contribution in [0.25, 0.3) is 0 Å². The molecule has 0 spiro atoms. The fraction of sp³-hybridized carbons (Fsp3) is 0.538. The van der Waals surface area contributed by atoms with Gasteiger partial charge in [-0.1, -0.05) is 22.0 Å². The van der Waals surface area contributed by atoms with Gasteiger partial charge in [-0.15, -0.1) is 0 Å². The van der Waals surface area contributed by atoms with E-state index in [-0.39, 0.29) is 6.04 Å². The van der Waals surface area contributed by atoms with Crippen LogP contribution >= 0.6 is 15.9 Å². The van der Waals surface area contributed by atoms with E-state index in [0.29, 0.717) is 6.61 Å². The van der Waals surface area contributed by atoms with Crippen molar-refractivity contribution in [2.45, 2.75) is 26.3 Å². The van der Waals surface area contributed by atoms with Crippen molar-refractivity contribution in [3.05, 3.63) is 28.2 Å². The smallest absolute Gasteiger partial charge is 0.125 e. The normalized spacial score (nSPS) is 12.5. The summed E-state index contributed by atoms with van der Waals surface area (Å²) >= 11 is 3.43. The number of ether oxygens (including phenoxy) is 2. The van der Waals surface area contributed by atoms with E-state index < -0.39 is 0 Å². The summed E-state index contributed by atoms with van der Waals surface area (Å²) in [6.45, 7) is 6.08. The third kappa shape index (κ3) is 5.06. The maximum atomic E-state index is 5.90. The highest BCUT2D eigenvalue weighted by molar-refractivity contribution is 9.10. The third-order valence-electron chi connectivity index (χ3n) is 2.36. The molecule has 96 valence electrons. The first kappa shape index (κ1) is 14.5. The molecule has 0 saturated heterocycles. The van der Waals surface area contributed by atoms with Crippen molar-refractivity contribution < 1.29 is 9.47 Å². The van der Waals surface area contributed by atoms with Crippen LogP contribution < -0.4 is 10.5 Å². The molecule has 0 fully saturated rings. The van der Waals surface area contributed by atoms with E-state index in [2.05, 4.69) is 15.9 Å².